The van der Waals surface area contributed by atoms with E-state index in [1.165, 1.54) is 63.5 Å². The minimum atomic E-state index is 0.833. The second-order valence-corrected chi connectivity index (χ2v) is 7.47. The van der Waals surface area contributed by atoms with Crippen molar-refractivity contribution in [2.24, 2.45) is 11.8 Å². The molecule has 110 valence electrons. The van der Waals surface area contributed by atoms with Gasteiger partial charge in [0.05, 0.1) is 0 Å². The summed E-state index contributed by atoms with van der Waals surface area (Å²) in [7, 11) is 0. The molecule has 0 aromatic carbocycles. The van der Waals surface area contributed by atoms with Crippen molar-refractivity contribution in [3.05, 3.63) is 28.5 Å². The van der Waals surface area contributed by atoms with Crippen molar-refractivity contribution in [1.82, 2.24) is 10.3 Å². The summed E-state index contributed by atoms with van der Waals surface area (Å²) in [6.45, 7) is 1.23. The molecule has 2 aliphatic carbocycles. The topological polar surface area (TPSA) is 24.9 Å². The maximum absolute atomic E-state index is 4.32. The lowest BCUT2D eigenvalue weighted by atomic mass is 9.83. The van der Waals surface area contributed by atoms with Gasteiger partial charge in [-0.25, -0.2) is 0 Å². The molecule has 3 heteroatoms. The number of nitrogens with one attached hydrogen (secondary N) is 1. The first-order valence-electron chi connectivity index (χ1n) is 8.14. The van der Waals surface area contributed by atoms with Crippen LogP contribution in [0, 0.1) is 11.8 Å². The third-order valence-electron chi connectivity index (χ3n) is 4.82. The van der Waals surface area contributed by atoms with Gasteiger partial charge < -0.3 is 5.32 Å². The molecule has 2 aliphatic rings. The Hall–Kier alpha value is -0.410. The third-order valence-corrected chi connectivity index (χ3v) is 5.26. The zero-order valence-electron chi connectivity index (χ0n) is 12.2. The van der Waals surface area contributed by atoms with Crippen molar-refractivity contribution in [2.45, 2.75) is 57.4 Å². The van der Waals surface area contributed by atoms with E-state index in [2.05, 4.69) is 32.3 Å². The zero-order chi connectivity index (χ0) is 13.8. The molecule has 2 nitrogen and oxygen atoms in total. The summed E-state index contributed by atoms with van der Waals surface area (Å²) in [5.74, 6) is 1.69. The first kappa shape index (κ1) is 14.5. The van der Waals surface area contributed by atoms with E-state index in [0.717, 1.165) is 22.4 Å². The molecular formula is C17H25BrN2. The quantitative estimate of drug-likeness (QED) is 0.809. The smallest absolute Gasteiger partial charge is 0.0410 e. The second kappa shape index (κ2) is 7.04. The molecule has 1 heterocycles. The molecule has 1 N–H and O–H groups in total. The van der Waals surface area contributed by atoms with Crippen LogP contribution in [0.15, 0.2) is 22.9 Å². The van der Waals surface area contributed by atoms with E-state index in [1.807, 2.05) is 12.4 Å². The number of hydrogen-bond acceptors (Lipinski definition) is 2. The average molecular weight is 337 g/mol. The molecule has 0 amide bonds. The van der Waals surface area contributed by atoms with E-state index in [4.69, 9.17) is 0 Å². The number of pyridine rings is 1. The van der Waals surface area contributed by atoms with E-state index in [-0.39, 0.29) is 0 Å². The van der Waals surface area contributed by atoms with Crippen LogP contribution in [0.25, 0.3) is 0 Å². The number of nitrogens with zero attached hydrogens (tertiary/aromatic N) is 1. The number of rotatable bonds is 5. The van der Waals surface area contributed by atoms with Crippen LogP contribution in [0.4, 0.5) is 0 Å². The maximum Gasteiger partial charge on any atom is 0.0410 e. The zero-order valence-corrected chi connectivity index (χ0v) is 13.7. The molecule has 3 rings (SSSR count). The molecule has 2 fully saturated rings. The molecule has 0 bridgehead atoms. The van der Waals surface area contributed by atoms with Crippen LogP contribution in [0.3, 0.4) is 0 Å². The summed E-state index contributed by atoms with van der Waals surface area (Å²) < 4.78 is 1.11. The molecule has 0 spiro atoms. The SMILES string of the molecule is Brc1cncc(CC2CCCCCC2CNC2CC2)c1. The van der Waals surface area contributed by atoms with Gasteiger partial charge in [-0.05, 0) is 78.0 Å². The van der Waals surface area contributed by atoms with Gasteiger partial charge in [-0.2, -0.15) is 0 Å². The maximum atomic E-state index is 4.32. The van der Waals surface area contributed by atoms with Crippen molar-refractivity contribution in [1.29, 1.82) is 0 Å². The first-order valence-corrected chi connectivity index (χ1v) is 8.93. The number of halogens is 1. The largest absolute Gasteiger partial charge is 0.314 e. The molecule has 20 heavy (non-hydrogen) atoms. The summed E-state index contributed by atoms with van der Waals surface area (Å²) in [4.78, 5) is 4.32. The van der Waals surface area contributed by atoms with Crippen LogP contribution >= 0.6 is 15.9 Å². The number of aromatic nitrogens is 1. The predicted molar refractivity (Wildman–Crippen MR) is 86.7 cm³/mol. The Bertz CT molecular complexity index is 431. The van der Waals surface area contributed by atoms with E-state index in [1.54, 1.807) is 0 Å². The van der Waals surface area contributed by atoms with Gasteiger partial charge in [0, 0.05) is 22.9 Å². The summed E-state index contributed by atoms with van der Waals surface area (Å²) in [5.41, 5.74) is 1.39. The molecule has 0 aliphatic heterocycles. The Labute approximate surface area is 130 Å². The second-order valence-electron chi connectivity index (χ2n) is 6.56. The summed E-state index contributed by atoms with van der Waals surface area (Å²) in [5, 5.41) is 3.76. The Morgan fingerprint density at radius 2 is 1.85 bits per heavy atom. The molecule has 0 radical (unpaired) electrons. The van der Waals surface area contributed by atoms with Crippen molar-refractivity contribution < 1.29 is 0 Å². The Balaban J connectivity index is 1.62. The standard InChI is InChI=1S/C17H25BrN2/c18-16-9-13(10-19-12-16)8-14-4-2-1-3-5-15(14)11-20-17-6-7-17/h9-10,12,14-15,17,20H,1-8,11H2. The van der Waals surface area contributed by atoms with Crippen molar-refractivity contribution in [2.75, 3.05) is 6.54 Å². The van der Waals surface area contributed by atoms with Gasteiger partial charge in [-0.3, -0.25) is 4.98 Å². The van der Waals surface area contributed by atoms with Gasteiger partial charge >= 0.3 is 0 Å². The van der Waals surface area contributed by atoms with Gasteiger partial charge in [0.2, 0.25) is 0 Å². The monoisotopic (exact) mass is 336 g/mol. The molecule has 2 atom stereocenters. The molecule has 2 saturated carbocycles. The molecule has 2 unspecified atom stereocenters. The van der Waals surface area contributed by atoms with Crippen molar-refractivity contribution >= 4 is 15.9 Å². The van der Waals surface area contributed by atoms with Crippen LogP contribution in [-0.2, 0) is 6.42 Å². The third kappa shape index (κ3) is 4.29. The Morgan fingerprint density at radius 1 is 1.05 bits per heavy atom. The lowest BCUT2D eigenvalue weighted by Crippen LogP contribution is -2.30. The summed E-state index contributed by atoms with van der Waals surface area (Å²) in [6.07, 6.45) is 15.0. The highest BCUT2D eigenvalue weighted by Crippen LogP contribution is 2.32. The predicted octanol–water partition coefficient (Wildman–Crippen LogP) is 4.34. The Morgan fingerprint density at radius 3 is 2.60 bits per heavy atom. The minimum Gasteiger partial charge on any atom is -0.314 e. The van der Waals surface area contributed by atoms with Crippen LogP contribution in [0.2, 0.25) is 0 Å². The van der Waals surface area contributed by atoms with Crippen LogP contribution in [-0.4, -0.2) is 17.6 Å². The van der Waals surface area contributed by atoms with Crippen LogP contribution < -0.4 is 5.32 Å². The summed E-state index contributed by atoms with van der Waals surface area (Å²) in [6, 6.07) is 3.08. The van der Waals surface area contributed by atoms with Crippen molar-refractivity contribution in [3.8, 4) is 0 Å². The van der Waals surface area contributed by atoms with E-state index >= 15 is 0 Å². The summed E-state index contributed by atoms with van der Waals surface area (Å²) >= 11 is 3.54. The van der Waals surface area contributed by atoms with E-state index in [9.17, 15) is 0 Å². The lowest BCUT2D eigenvalue weighted by molar-refractivity contribution is 0.297. The number of hydrogen-bond donors (Lipinski definition) is 1. The average Bonchev–Trinajstić information content (AvgIpc) is 3.24. The molecule has 1 aromatic heterocycles. The van der Waals surface area contributed by atoms with E-state index in [0.29, 0.717) is 0 Å². The molecular weight excluding hydrogens is 312 g/mol. The van der Waals surface area contributed by atoms with Gasteiger partial charge in [-0.15, -0.1) is 0 Å². The highest BCUT2D eigenvalue weighted by atomic mass is 79.9. The van der Waals surface area contributed by atoms with Gasteiger partial charge in [0.15, 0.2) is 0 Å². The van der Waals surface area contributed by atoms with Gasteiger partial charge in [-0.1, -0.05) is 19.3 Å². The Kier molecular flexibility index (Phi) is 5.11. The fraction of sp³-hybridized carbons (Fsp3) is 0.706. The van der Waals surface area contributed by atoms with Crippen LogP contribution in [0.5, 0.6) is 0 Å². The lowest BCUT2D eigenvalue weighted by Gasteiger charge is -2.25. The van der Waals surface area contributed by atoms with Crippen LogP contribution in [0.1, 0.15) is 50.5 Å². The van der Waals surface area contributed by atoms with E-state index < -0.39 is 0 Å². The highest BCUT2D eigenvalue weighted by Gasteiger charge is 2.27. The molecule has 1 aromatic rings. The normalized spacial score (nSPS) is 27.2. The van der Waals surface area contributed by atoms with Crippen molar-refractivity contribution in [3.63, 3.8) is 0 Å². The fourth-order valence-electron chi connectivity index (χ4n) is 3.47. The van der Waals surface area contributed by atoms with Gasteiger partial charge in [0.25, 0.3) is 0 Å². The molecule has 0 saturated heterocycles. The minimum absolute atomic E-state index is 0.833. The first-order chi connectivity index (χ1) is 9.81. The fourth-order valence-corrected chi connectivity index (χ4v) is 3.89. The van der Waals surface area contributed by atoms with Gasteiger partial charge in [0.1, 0.15) is 0 Å². The highest BCUT2D eigenvalue weighted by molar-refractivity contribution is 9.10.